The highest BCUT2D eigenvalue weighted by Gasteiger charge is 2.38. The maximum Gasteiger partial charge on any atom is 0.417 e. The van der Waals surface area contributed by atoms with E-state index in [-0.39, 0.29) is 48.8 Å². The largest absolute Gasteiger partial charge is 0.490 e. The molecule has 0 spiro atoms. The Kier molecular flexibility index (Phi) is 10.6. The lowest BCUT2D eigenvalue weighted by Crippen LogP contribution is -2.39. The van der Waals surface area contributed by atoms with Crippen LogP contribution in [0.2, 0.25) is 5.02 Å². The number of rotatable bonds is 12. The van der Waals surface area contributed by atoms with Gasteiger partial charge in [0.15, 0.2) is 23.1 Å². The molecule has 1 amide bonds. The van der Waals surface area contributed by atoms with Crippen LogP contribution in [0.3, 0.4) is 0 Å². The maximum atomic E-state index is 14.1. The van der Waals surface area contributed by atoms with Crippen molar-refractivity contribution in [3.05, 3.63) is 124 Å². The summed E-state index contributed by atoms with van der Waals surface area (Å²) in [5.74, 6) is -4.23. The Labute approximate surface area is 289 Å². The van der Waals surface area contributed by atoms with Gasteiger partial charge in [-0.1, -0.05) is 48.0 Å². The van der Waals surface area contributed by atoms with Gasteiger partial charge in [0.2, 0.25) is 11.6 Å². The zero-order valence-electron chi connectivity index (χ0n) is 26.5. The minimum Gasteiger partial charge on any atom is -0.490 e. The van der Waals surface area contributed by atoms with Crippen molar-refractivity contribution in [2.75, 3.05) is 26.3 Å². The van der Waals surface area contributed by atoms with Crippen LogP contribution in [0.15, 0.2) is 84.4 Å². The van der Waals surface area contributed by atoms with Crippen LogP contribution in [0.25, 0.3) is 5.57 Å². The molecule has 1 saturated carbocycles. The van der Waals surface area contributed by atoms with E-state index in [2.05, 4.69) is 5.32 Å². The fourth-order valence-electron chi connectivity index (χ4n) is 5.67. The van der Waals surface area contributed by atoms with E-state index in [1.54, 1.807) is 29.2 Å². The van der Waals surface area contributed by atoms with Crippen molar-refractivity contribution >= 4 is 23.1 Å². The van der Waals surface area contributed by atoms with Gasteiger partial charge in [-0.05, 0) is 85.0 Å². The average Bonchev–Trinajstić information content (AvgIpc) is 3.95. The molecular formula is C37H31ClF6N2O4. The van der Waals surface area contributed by atoms with Crippen molar-refractivity contribution in [2.45, 2.75) is 38.0 Å². The number of nitrogens with zero attached hydrogens (tertiary/aromatic N) is 1. The van der Waals surface area contributed by atoms with Crippen LogP contribution < -0.4 is 19.5 Å². The third-order valence-corrected chi connectivity index (χ3v) is 8.77. The molecule has 13 heteroatoms. The van der Waals surface area contributed by atoms with Gasteiger partial charge in [0.1, 0.15) is 19.0 Å². The second-order valence-corrected chi connectivity index (χ2v) is 12.1. The van der Waals surface area contributed by atoms with Crippen molar-refractivity contribution in [3.63, 3.8) is 0 Å². The van der Waals surface area contributed by atoms with Gasteiger partial charge >= 0.3 is 6.18 Å². The number of ether oxygens (including phenoxy) is 3. The summed E-state index contributed by atoms with van der Waals surface area (Å²) in [6.07, 6.45) is -2.51. The van der Waals surface area contributed by atoms with Crippen molar-refractivity contribution in [1.29, 1.82) is 0 Å². The molecule has 1 aliphatic heterocycles. The molecule has 50 heavy (non-hydrogen) atoms. The molecule has 1 N–H and O–H groups in total. The highest BCUT2D eigenvalue weighted by Crippen LogP contribution is 2.39. The number of halogens is 7. The van der Waals surface area contributed by atoms with Crippen LogP contribution in [0.5, 0.6) is 23.0 Å². The van der Waals surface area contributed by atoms with Crippen LogP contribution in [0, 0.1) is 17.5 Å². The first-order valence-corrected chi connectivity index (χ1v) is 16.2. The number of benzene rings is 4. The fourth-order valence-corrected chi connectivity index (χ4v) is 5.96. The zero-order valence-corrected chi connectivity index (χ0v) is 27.2. The molecular weight excluding hydrogens is 686 g/mol. The SMILES string of the molecule is O=C(C1=C(c2ccc(OCCOc3ccccc3Oc3c(F)ccc(F)c3F)cc2)CCNC1)N(Cc1cccc(C(F)(F)F)c1Cl)C1CC1. The third kappa shape index (κ3) is 8.03. The lowest BCUT2D eigenvalue weighted by Gasteiger charge is -2.29. The number of amides is 1. The first-order valence-electron chi connectivity index (χ1n) is 15.9. The van der Waals surface area contributed by atoms with Crippen LogP contribution in [0.1, 0.15) is 36.0 Å². The Morgan fingerprint density at radius 2 is 1.56 bits per heavy atom. The van der Waals surface area contributed by atoms with E-state index in [4.69, 9.17) is 25.8 Å². The van der Waals surface area contributed by atoms with Gasteiger partial charge < -0.3 is 24.4 Å². The van der Waals surface area contributed by atoms with Crippen LogP contribution >= 0.6 is 11.6 Å². The normalized spacial score (nSPS) is 14.8. The topological polar surface area (TPSA) is 60.0 Å². The Morgan fingerprint density at radius 1 is 0.860 bits per heavy atom. The first-order chi connectivity index (χ1) is 24.0. The molecule has 0 aromatic heterocycles. The van der Waals surface area contributed by atoms with Crippen molar-refractivity contribution < 1.29 is 45.3 Å². The minimum atomic E-state index is -4.61. The predicted molar refractivity (Wildman–Crippen MR) is 175 cm³/mol. The molecule has 6 rings (SSSR count). The quantitative estimate of drug-likeness (QED) is 0.0902. The van der Waals surface area contributed by atoms with Gasteiger partial charge in [0.25, 0.3) is 5.91 Å². The molecule has 0 unspecified atom stereocenters. The molecule has 0 bridgehead atoms. The molecule has 0 atom stereocenters. The van der Waals surface area contributed by atoms with E-state index in [0.717, 1.165) is 36.1 Å². The highest BCUT2D eigenvalue weighted by molar-refractivity contribution is 6.32. The van der Waals surface area contributed by atoms with Gasteiger partial charge in [-0.3, -0.25) is 4.79 Å². The van der Waals surface area contributed by atoms with E-state index in [9.17, 15) is 31.1 Å². The van der Waals surface area contributed by atoms with E-state index in [1.807, 2.05) is 12.1 Å². The van der Waals surface area contributed by atoms with E-state index < -0.39 is 40.0 Å². The molecule has 0 radical (unpaired) electrons. The van der Waals surface area contributed by atoms with Crippen molar-refractivity contribution in [3.8, 4) is 23.0 Å². The average molecular weight is 717 g/mol. The number of nitrogens with one attached hydrogen (secondary N) is 1. The lowest BCUT2D eigenvalue weighted by molar-refractivity contribution is -0.137. The van der Waals surface area contributed by atoms with Crippen molar-refractivity contribution in [1.82, 2.24) is 10.2 Å². The van der Waals surface area contributed by atoms with Gasteiger partial charge in [-0.15, -0.1) is 0 Å². The number of para-hydroxylation sites is 2. The number of hydrogen-bond donors (Lipinski definition) is 1. The molecule has 0 saturated heterocycles. The van der Waals surface area contributed by atoms with Crippen LogP contribution in [0.4, 0.5) is 26.3 Å². The summed E-state index contributed by atoms with van der Waals surface area (Å²) in [6.45, 7) is 1.06. The highest BCUT2D eigenvalue weighted by atomic mass is 35.5. The summed E-state index contributed by atoms with van der Waals surface area (Å²) >= 11 is 6.18. The zero-order chi connectivity index (χ0) is 35.4. The van der Waals surface area contributed by atoms with Gasteiger partial charge in [0.05, 0.1) is 10.6 Å². The third-order valence-electron chi connectivity index (χ3n) is 8.32. The molecule has 4 aromatic rings. The Balaban J connectivity index is 1.11. The summed E-state index contributed by atoms with van der Waals surface area (Å²) < 4.78 is 99.2. The Hall–Kier alpha value is -4.68. The standard InChI is InChI=1S/C37H31ClF6N2O4/c38-33-23(4-3-5-28(33)37(42,43)44)21-46(24-10-11-24)36(47)27-20-45-17-16-26(27)22-8-12-25(13-9-22)48-18-19-49-31-6-1-2-7-32(31)50-35-30(40)15-14-29(39)34(35)41/h1-9,12-15,24,45H,10-11,16-21H2. The Bertz CT molecular complexity index is 1900. The summed E-state index contributed by atoms with van der Waals surface area (Å²) in [4.78, 5) is 15.6. The van der Waals surface area contributed by atoms with E-state index >= 15 is 0 Å². The molecule has 6 nitrogen and oxygen atoms in total. The number of carbonyl (C=O) groups is 1. The molecule has 1 fully saturated rings. The Morgan fingerprint density at radius 3 is 2.28 bits per heavy atom. The summed E-state index contributed by atoms with van der Waals surface area (Å²) in [5.41, 5.74) is 1.51. The monoisotopic (exact) mass is 716 g/mol. The lowest BCUT2D eigenvalue weighted by atomic mass is 9.93. The van der Waals surface area contributed by atoms with Gasteiger partial charge in [0, 0.05) is 24.7 Å². The van der Waals surface area contributed by atoms with Gasteiger partial charge in [-0.25, -0.2) is 8.78 Å². The van der Waals surface area contributed by atoms with Gasteiger partial charge in [-0.2, -0.15) is 17.6 Å². The number of alkyl halides is 3. The first kappa shape index (κ1) is 35.2. The summed E-state index contributed by atoms with van der Waals surface area (Å²) in [5, 5.41) is 2.84. The minimum absolute atomic E-state index is 0.0148. The van der Waals surface area contributed by atoms with E-state index in [0.29, 0.717) is 36.9 Å². The van der Waals surface area contributed by atoms with Crippen LogP contribution in [-0.2, 0) is 17.5 Å². The molecule has 1 aliphatic carbocycles. The molecule has 2 aliphatic rings. The number of carbonyl (C=O) groups excluding carboxylic acids is 1. The number of hydrogen-bond acceptors (Lipinski definition) is 5. The van der Waals surface area contributed by atoms with Crippen molar-refractivity contribution in [2.24, 2.45) is 0 Å². The predicted octanol–water partition coefficient (Wildman–Crippen LogP) is 8.96. The molecule has 1 heterocycles. The maximum absolute atomic E-state index is 14.1. The van der Waals surface area contributed by atoms with E-state index in [1.165, 1.54) is 24.3 Å². The van der Waals surface area contributed by atoms with Crippen LogP contribution in [-0.4, -0.2) is 43.2 Å². The molecule has 262 valence electrons. The second-order valence-electron chi connectivity index (χ2n) is 11.8. The second kappa shape index (κ2) is 15.1. The molecule has 4 aromatic carbocycles. The summed E-state index contributed by atoms with van der Waals surface area (Å²) in [6, 6.07) is 18.4. The summed E-state index contributed by atoms with van der Waals surface area (Å²) in [7, 11) is 0. The fraction of sp³-hybridized carbons (Fsp3) is 0.270. The smallest absolute Gasteiger partial charge is 0.417 e.